The van der Waals surface area contributed by atoms with E-state index in [2.05, 4.69) is 15.4 Å². The summed E-state index contributed by atoms with van der Waals surface area (Å²) in [5.74, 6) is -2.51. The normalized spacial score (nSPS) is 11.9. The number of fused-ring (bicyclic) bond motifs is 1. The molecule has 0 bridgehead atoms. The summed E-state index contributed by atoms with van der Waals surface area (Å²) in [6, 6.07) is 13.1. The largest absolute Gasteiger partial charge is 0.417 e. The molecule has 0 fully saturated rings. The number of hydrogen-bond acceptors (Lipinski definition) is 6. The summed E-state index contributed by atoms with van der Waals surface area (Å²) < 4.78 is 6.56. The lowest BCUT2D eigenvalue weighted by atomic mass is 9.99. The number of nitrogens with zero attached hydrogens (tertiary/aromatic N) is 2. The van der Waals surface area contributed by atoms with E-state index in [4.69, 9.17) is 4.42 Å². The first kappa shape index (κ1) is 21.0. The average Bonchev–Trinajstić information content (AvgIpc) is 3.34. The highest BCUT2D eigenvalue weighted by molar-refractivity contribution is 6.38. The van der Waals surface area contributed by atoms with Crippen LogP contribution in [-0.2, 0) is 23.1 Å². The van der Waals surface area contributed by atoms with Crippen LogP contribution in [0.2, 0.25) is 0 Å². The van der Waals surface area contributed by atoms with Gasteiger partial charge in [0.1, 0.15) is 5.69 Å². The van der Waals surface area contributed by atoms with Crippen LogP contribution < -0.4 is 11.1 Å². The van der Waals surface area contributed by atoms with Gasteiger partial charge in [-0.15, -0.1) is 0 Å². The van der Waals surface area contributed by atoms with Gasteiger partial charge in [-0.1, -0.05) is 42.5 Å². The van der Waals surface area contributed by atoms with Crippen molar-refractivity contribution in [2.24, 2.45) is 7.05 Å². The predicted molar refractivity (Wildman–Crippen MR) is 116 cm³/mol. The Morgan fingerprint density at radius 3 is 2.59 bits per heavy atom. The number of H-pyrrole nitrogens is 1. The van der Waals surface area contributed by atoms with E-state index in [1.54, 1.807) is 25.2 Å². The van der Waals surface area contributed by atoms with Crippen LogP contribution in [0.4, 0.5) is 0 Å². The Morgan fingerprint density at radius 1 is 1.12 bits per heavy atom. The van der Waals surface area contributed by atoms with Gasteiger partial charge >= 0.3 is 5.76 Å². The lowest BCUT2D eigenvalue weighted by Crippen LogP contribution is -2.44. The van der Waals surface area contributed by atoms with Gasteiger partial charge in [0.25, 0.3) is 5.91 Å². The number of carbonyl (C=O) groups is 3. The average molecular weight is 432 g/mol. The van der Waals surface area contributed by atoms with Crippen molar-refractivity contribution in [2.45, 2.75) is 19.4 Å². The smallest absolute Gasteiger partial charge is 0.408 e. The van der Waals surface area contributed by atoms with Gasteiger partial charge in [-0.2, -0.15) is 5.10 Å². The zero-order chi connectivity index (χ0) is 22.8. The lowest BCUT2D eigenvalue weighted by molar-refractivity contribution is -0.136. The third-order valence-electron chi connectivity index (χ3n) is 5.04. The molecule has 1 amide bonds. The first-order chi connectivity index (χ1) is 15.3. The maximum atomic E-state index is 13.2. The molecule has 2 aromatic carbocycles. The molecule has 9 heteroatoms. The van der Waals surface area contributed by atoms with Crippen molar-refractivity contribution >= 4 is 28.6 Å². The van der Waals surface area contributed by atoms with Crippen LogP contribution >= 0.6 is 0 Å². The molecule has 4 aromatic rings. The van der Waals surface area contributed by atoms with Gasteiger partial charge in [-0.25, -0.2) is 4.79 Å². The minimum atomic E-state index is -1.03. The van der Waals surface area contributed by atoms with Crippen LogP contribution in [-0.4, -0.2) is 38.3 Å². The Kier molecular flexibility index (Phi) is 5.55. The van der Waals surface area contributed by atoms with E-state index in [-0.39, 0.29) is 12.0 Å². The molecule has 2 N–H and O–H groups in total. The molecule has 32 heavy (non-hydrogen) atoms. The van der Waals surface area contributed by atoms with E-state index >= 15 is 0 Å². The predicted octanol–water partition coefficient (Wildman–Crippen LogP) is 2.02. The molecule has 0 radical (unpaired) electrons. The number of rotatable bonds is 7. The second-order valence-electron chi connectivity index (χ2n) is 7.39. The summed E-state index contributed by atoms with van der Waals surface area (Å²) in [7, 11) is 1.65. The van der Waals surface area contributed by atoms with Crippen molar-refractivity contribution in [3.63, 3.8) is 0 Å². The third kappa shape index (κ3) is 4.13. The van der Waals surface area contributed by atoms with Crippen LogP contribution in [0.25, 0.3) is 22.4 Å². The summed E-state index contributed by atoms with van der Waals surface area (Å²) in [5, 5.41) is 7.05. The highest BCUT2D eigenvalue weighted by Crippen LogP contribution is 2.28. The van der Waals surface area contributed by atoms with E-state index in [0.29, 0.717) is 22.4 Å². The molecule has 1 unspecified atom stereocenters. The summed E-state index contributed by atoms with van der Waals surface area (Å²) >= 11 is 0. The lowest BCUT2D eigenvalue weighted by Gasteiger charge is -2.16. The molecule has 9 nitrogen and oxygen atoms in total. The third-order valence-corrected chi connectivity index (χ3v) is 5.04. The fraction of sp³-hybridized carbons (Fsp3) is 0.174. The zero-order valence-corrected chi connectivity index (χ0v) is 17.4. The molecule has 0 saturated heterocycles. The summed E-state index contributed by atoms with van der Waals surface area (Å²) in [6.07, 6.45) is 1.69. The number of carbonyl (C=O) groups excluding carboxylic acids is 3. The van der Waals surface area contributed by atoms with Crippen molar-refractivity contribution in [2.75, 3.05) is 0 Å². The fourth-order valence-corrected chi connectivity index (χ4v) is 3.56. The van der Waals surface area contributed by atoms with Crippen molar-refractivity contribution in [1.82, 2.24) is 20.1 Å². The Labute approximate surface area is 182 Å². The molecule has 0 aliphatic rings. The SMILES string of the molecule is CC(=O)C(=O)C(Cc1ccccc1)NC(=O)c1cn(C)nc1-c1cccc2oc(=O)[nH]c12. The Bertz CT molecular complexity index is 1380. The molecule has 0 spiro atoms. The molecule has 0 aliphatic carbocycles. The number of nitrogens with one attached hydrogen (secondary N) is 2. The maximum Gasteiger partial charge on any atom is 0.417 e. The van der Waals surface area contributed by atoms with E-state index in [1.807, 2.05) is 30.3 Å². The van der Waals surface area contributed by atoms with E-state index in [0.717, 1.165) is 5.56 Å². The van der Waals surface area contributed by atoms with Gasteiger partial charge in [-0.3, -0.25) is 24.0 Å². The summed E-state index contributed by atoms with van der Waals surface area (Å²) in [4.78, 5) is 51.7. The number of para-hydroxylation sites is 1. The van der Waals surface area contributed by atoms with Gasteiger partial charge in [0.2, 0.25) is 5.78 Å². The number of benzene rings is 2. The van der Waals surface area contributed by atoms with Crippen LogP contribution in [0, 0.1) is 0 Å². The summed E-state index contributed by atoms with van der Waals surface area (Å²) in [6.45, 7) is 1.18. The zero-order valence-electron chi connectivity index (χ0n) is 17.4. The van der Waals surface area contributed by atoms with Gasteiger partial charge < -0.3 is 9.73 Å². The van der Waals surface area contributed by atoms with E-state index in [1.165, 1.54) is 17.8 Å². The van der Waals surface area contributed by atoms with Gasteiger partial charge in [0.15, 0.2) is 11.4 Å². The Morgan fingerprint density at radius 2 is 1.88 bits per heavy atom. The van der Waals surface area contributed by atoms with E-state index in [9.17, 15) is 19.2 Å². The molecule has 0 saturated carbocycles. The van der Waals surface area contributed by atoms with Crippen molar-refractivity contribution in [3.05, 3.63) is 76.4 Å². The number of amides is 1. The molecule has 1 atom stereocenters. The molecule has 2 aromatic heterocycles. The molecule has 162 valence electrons. The fourth-order valence-electron chi connectivity index (χ4n) is 3.56. The second-order valence-corrected chi connectivity index (χ2v) is 7.39. The highest BCUT2D eigenvalue weighted by atomic mass is 16.4. The monoisotopic (exact) mass is 432 g/mol. The second kappa shape index (κ2) is 8.46. The van der Waals surface area contributed by atoms with Crippen LogP contribution in [0.5, 0.6) is 0 Å². The van der Waals surface area contributed by atoms with Gasteiger partial charge in [-0.05, 0) is 11.6 Å². The minimum absolute atomic E-state index is 0.172. The molecular formula is C23H20N4O5. The number of hydrogen-bond donors (Lipinski definition) is 2. The van der Waals surface area contributed by atoms with Gasteiger partial charge in [0, 0.05) is 32.2 Å². The highest BCUT2D eigenvalue weighted by Gasteiger charge is 2.27. The van der Waals surface area contributed by atoms with Crippen LogP contribution in [0.1, 0.15) is 22.8 Å². The maximum absolute atomic E-state index is 13.2. The number of Topliss-reactive ketones (excluding diaryl/α,β-unsaturated/α-hetero) is 2. The molecular weight excluding hydrogens is 412 g/mol. The molecule has 0 aliphatic heterocycles. The molecule has 2 heterocycles. The number of aromatic amines is 1. The number of aryl methyl sites for hydroxylation is 1. The van der Waals surface area contributed by atoms with Crippen LogP contribution in [0.3, 0.4) is 0 Å². The molecule has 4 rings (SSSR count). The number of ketones is 2. The minimum Gasteiger partial charge on any atom is -0.408 e. The quantitative estimate of drug-likeness (QED) is 0.430. The van der Waals surface area contributed by atoms with Gasteiger partial charge in [0.05, 0.1) is 17.1 Å². The Balaban J connectivity index is 1.70. The number of aromatic nitrogens is 3. The van der Waals surface area contributed by atoms with Crippen molar-refractivity contribution in [3.8, 4) is 11.3 Å². The topological polar surface area (TPSA) is 127 Å². The van der Waals surface area contributed by atoms with E-state index < -0.39 is 29.3 Å². The first-order valence-electron chi connectivity index (χ1n) is 9.89. The standard InChI is InChI=1S/C23H20N4O5/c1-13(28)21(29)17(11-14-7-4-3-5-8-14)24-22(30)16-12-27(2)26-19(16)15-9-6-10-18-20(15)25-23(31)32-18/h3-10,12,17H,11H2,1-2H3,(H,24,30)(H,25,31). The summed E-state index contributed by atoms with van der Waals surface area (Å²) in [5.41, 5.74) is 2.54. The van der Waals surface area contributed by atoms with Crippen molar-refractivity contribution in [1.29, 1.82) is 0 Å². The number of oxazole rings is 1. The first-order valence-corrected chi connectivity index (χ1v) is 9.89. The Hall–Kier alpha value is -4.27. The van der Waals surface area contributed by atoms with Crippen molar-refractivity contribution < 1.29 is 18.8 Å². The van der Waals surface area contributed by atoms with Crippen LogP contribution in [0.15, 0.2) is 63.9 Å².